The topological polar surface area (TPSA) is 54.5 Å². The third kappa shape index (κ3) is 5.65. The first-order chi connectivity index (χ1) is 16.7. The molecule has 2 aliphatic rings. The number of amides is 1. The Morgan fingerprint density at radius 2 is 1.79 bits per heavy atom. The molecular weight excluding hydrogens is 422 g/mol. The van der Waals surface area contributed by atoms with Crippen LogP contribution in [0.15, 0.2) is 67.0 Å². The third-order valence-electron chi connectivity index (χ3n) is 6.97. The second-order valence-corrected chi connectivity index (χ2v) is 9.47. The molecular formula is C29H33N3O2. The molecule has 3 aromatic rings. The van der Waals surface area contributed by atoms with Crippen molar-refractivity contribution < 1.29 is 9.53 Å². The smallest absolute Gasteiger partial charge is 0.255 e. The SMILES string of the molecule is O=C(Nc1ccncc1)c1ccc2c(c1)Cc1cccc(c1)CN(C1CCC1)CCCCCO2. The zero-order valence-corrected chi connectivity index (χ0v) is 19.7. The van der Waals surface area contributed by atoms with Crippen molar-refractivity contribution in [2.24, 2.45) is 0 Å². The zero-order chi connectivity index (χ0) is 23.2. The number of aromatic nitrogens is 1. The molecule has 2 heterocycles. The predicted molar refractivity (Wildman–Crippen MR) is 135 cm³/mol. The van der Waals surface area contributed by atoms with Crippen LogP contribution < -0.4 is 10.1 Å². The number of hydrogen-bond acceptors (Lipinski definition) is 4. The third-order valence-corrected chi connectivity index (χ3v) is 6.97. The standard InChI is InChI=1S/C29H33N3O2/c33-29(31-26-12-14-30-15-13-26)24-10-11-28-25(20-24)19-22-6-4-7-23(18-22)21-32(27-8-5-9-27)16-2-1-3-17-34-28/h4,6-7,10-15,18,20,27H,1-3,5,8-9,16-17,19,21H2,(H,30,31,33). The van der Waals surface area contributed by atoms with Crippen molar-refractivity contribution in [2.45, 2.75) is 57.5 Å². The summed E-state index contributed by atoms with van der Waals surface area (Å²) < 4.78 is 6.21. The molecule has 0 atom stereocenters. The summed E-state index contributed by atoms with van der Waals surface area (Å²) >= 11 is 0. The maximum Gasteiger partial charge on any atom is 0.255 e. The summed E-state index contributed by atoms with van der Waals surface area (Å²) in [6.45, 7) is 2.90. The van der Waals surface area contributed by atoms with Crippen LogP contribution in [0.2, 0.25) is 0 Å². The van der Waals surface area contributed by atoms with E-state index < -0.39 is 0 Å². The summed E-state index contributed by atoms with van der Waals surface area (Å²) in [6.07, 6.45) is 11.5. The van der Waals surface area contributed by atoms with Gasteiger partial charge in [-0.05, 0) is 85.7 Å². The normalized spacial score (nSPS) is 17.5. The first kappa shape index (κ1) is 22.6. The number of carbonyl (C=O) groups excluding carboxylic acids is 1. The van der Waals surface area contributed by atoms with E-state index in [-0.39, 0.29) is 5.91 Å². The average molecular weight is 456 g/mol. The maximum atomic E-state index is 12.9. The zero-order valence-electron chi connectivity index (χ0n) is 19.7. The molecule has 1 saturated carbocycles. The lowest BCUT2D eigenvalue weighted by Gasteiger charge is -2.38. The predicted octanol–water partition coefficient (Wildman–Crippen LogP) is 5.84. The van der Waals surface area contributed by atoms with Gasteiger partial charge in [0.05, 0.1) is 6.61 Å². The quantitative estimate of drug-likeness (QED) is 0.539. The lowest BCUT2D eigenvalue weighted by molar-refractivity contribution is 0.102. The van der Waals surface area contributed by atoms with Crippen molar-refractivity contribution in [3.63, 3.8) is 0 Å². The number of pyridine rings is 1. The fraction of sp³-hybridized carbons (Fsp3) is 0.379. The van der Waals surface area contributed by atoms with Crippen molar-refractivity contribution in [3.05, 3.63) is 89.2 Å². The second-order valence-electron chi connectivity index (χ2n) is 9.47. The van der Waals surface area contributed by atoms with Gasteiger partial charge in [-0.2, -0.15) is 0 Å². The van der Waals surface area contributed by atoms with Gasteiger partial charge < -0.3 is 10.1 Å². The highest BCUT2D eigenvalue weighted by Crippen LogP contribution is 2.29. The van der Waals surface area contributed by atoms with Crippen molar-refractivity contribution >= 4 is 11.6 Å². The highest BCUT2D eigenvalue weighted by molar-refractivity contribution is 6.04. The number of hydrogen-bond donors (Lipinski definition) is 1. The molecule has 176 valence electrons. The van der Waals surface area contributed by atoms with Crippen LogP contribution in [0.1, 0.15) is 65.6 Å². The number of benzene rings is 2. The molecule has 2 bridgehead atoms. The van der Waals surface area contributed by atoms with Gasteiger partial charge in [0, 0.05) is 42.7 Å². The van der Waals surface area contributed by atoms with E-state index in [1.807, 2.05) is 18.2 Å². The summed E-state index contributed by atoms with van der Waals surface area (Å²) in [5.41, 5.74) is 5.04. The van der Waals surface area contributed by atoms with Gasteiger partial charge in [0.2, 0.25) is 0 Å². The number of fused-ring (bicyclic) bond motifs is 3. The van der Waals surface area contributed by atoms with Crippen molar-refractivity contribution in [3.8, 4) is 5.75 Å². The van der Waals surface area contributed by atoms with E-state index in [2.05, 4.69) is 39.5 Å². The molecule has 5 heteroatoms. The molecule has 1 aliphatic heterocycles. The fourth-order valence-electron chi connectivity index (χ4n) is 4.85. The van der Waals surface area contributed by atoms with Crippen LogP contribution in [0, 0.1) is 0 Å². The van der Waals surface area contributed by atoms with E-state index in [4.69, 9.17) is 4.74 Å². The Bertz CT molecular complexity index is 1110. The summed E-state index contributed by atoms with van der Waals surface area (Å²) in [6, 6.07) is 19.0. The Balaban J connectivity index is 1.39. The van der Waals surface area contributed by atoms with Gasteiger partial charge >= 0.3 is 0 Å². The van der Waals surface area contributed by atoms with Gasteiger partial charge in [0.1, 0.15) is 5.75 Å². The molecule has 0 radical (unpaired) electrons. The first-order valence-electron chi connectivity index (χ1n) is 12.5. The summed E-state index contributed by atoms with van der Waals surface area (Å²) in [5.74, 6) is 0.748. The number of anilines is 1. The highest BCUT2D eigenvalue weighted by Gasteiger charge is 2.24. The minimum absolute atomic E-state index is 0.127. The summed E-state index contributed by atoms with van der Waals surface area (Å²) in [5, 5.41) is 2.96. The van der Waals surface area contributed by atoms with Crippen LogP contribution in [0.5, 0.6) is 5.75 Å². The lowest BCUT2D eigenvalue weighted by atomic mass is 9.90. The molecule has 0 saturated heterocycles. The molecule has 1 aromatic heterocycles. The number of carbonyl (C=O) groups is 1. The van der Waals surface area contributed by atoms with Crippen LogP contribution in [-0.4, -0.2) is 35.0 Å². The average Bonchev–Trinajstić information content (AvgIpc) is 2.81. The lowest BCUT2D eigenvalue weighted by Crippen LogP contribution is -2.40. The van der Waals surface area contributed by atoms with Crippen LogP contribution >= 0.6 is 0 Å². The maximum absolute atomic E-state index is 12.9. The molecule has 0 spiro atoms. The van der Waals surface area contributed by atoms with Crippen molar-refractivity contribution in [2.75, 3.05) is 18.5 Å². The fourth-order valence-corrected chi connectivity index (χ4v) is 4.85. The molecule has 34 heavy (non-hydrogen) atoms. The van der Waals surface area contributed by atoms with E-state index in [0.29, 0.717) is 12.2 Å². The Kier molecular flexibility index (Phi) is 7.20. The number of nitrogens with zero attached hydrogens (tertiary/aromatic N) is 2. The monoisotopic (exact) mass is 455 g/mol. The molecule has 1 N–H and O–H groups in total. The van der Waals surface area contributed by atoms with E-state index in [1.54, 1.807) is 24.5 Å². The largest absolute Gasteiger partial charge is 0.493 e. The van der Waals surface area contributed by atoms with E-state index in [0.717, 1.165) is 42.4 Å². The number of rotatable bonds is 3. The second kappa shape index (κ2) is 10.8. The van der Waals surface area contributed by atoms with E-state index in [9.17, 15) is 4.79 Å². The van der Waals surface area contributed by atoms with Gasteiger partial charge in [-0.1, -0.05) is 30.7 Å². The molecule has 0 unspecified atom stereocenters. The van der Waals surface area contributed by atoms with E-state index in [1.165, 1.54) is 49.8 Å². The van der Waals surface area contributed by atoms with E-state index >= 15 is 0 Å². The van der Waals surface area contributed by atoms with Gasteiger partial charge in [0.15, 0.2) is 0 Å². The minimum atomic E-state index is -0.127. The van der Waals surface area contributed by atoms with Gasteiger partial charge in [-0.3, -0.25) is 14.7 Å². The Morgan fingerprint density at radius 1 is 0.941 bits per heavy atom. The van der Waals surface area contributed by atoms with Crippen molar-refractivity contribution in [1.82, 2.24) is 9.88 Å². The molecule has 1 fully saturated rings. The van der Waals surface area contributed by atoms with Gasteiger partial charge in [0.25, 0.3) is 5.91 Å². The van der Waals surface area contributed by atoms with Crippen LogP contribution in [0.4, 0.5) is 5.69 Å². The van der Waals surface area contributed by atoms with Crippen LogP contribution in [0.25, 0.3) is 0 Å². The first-order valence-corrected chi connectivity index (χ1v) is 12.5. The molecule has 5 nitrogen and oxygen atoms in total. The summed E-state index contributed by atoms with van der Waals surface area (Å²) in [7, 11) is 0. The number of ether oxygens (including phenoxy) is 1. The highest BCUT2D eigenvalue weighted by atomic mass is 16.5. The Morgan fingerprint density at radius 3 is 2.62 bits per heavy atom. The van der Waals surface area contributed by atoms with Crippen LogP contribution in [-0.2, 0) is 13.0 Å². The molecule has 1 amide bonds. The molecule has 5 rings (SSSR count). The summed E-state index contributed by atoms with van der Waals surface area (Å²) in [4.78, 5) is 19.6. The number of nitrogens with one attached hydrogen (secondary N) is 1. The van der Waals surface area contributed by atoms with Crippen molar-refractivity contribution in [1.29, 1.82) is 0 Å². The molecule has 2 aromatic carbocycles. The Labute approximate surface area is 202 Å². The van der Waals surface area contributed by atoms with Gasteiger partial charge in [-0.15, -0.1) is 0 Å². The minimum Gasteiger partial charge on any atom is -0.493 e. The van der Waals surface area contributed by atoms with Crippen LogP contribution in [0.3, 0.4) is 0 Å². The molecule has 1 aliphatic carbocycles. The Hall–Kier alpha value is -3.18. The van der Waals surface area contributed by atoms with Gasteiger partial charge in [-0.25, -0.2) is 0 Å².